The number of benzene rings is 2. The van der Waals surface area contributed by atoms with Gasteiger partial charge in [0.1, 0.15) is 12.4 Å². The summed E-state index contributed by atoms with van der Waals surface area (Å²) in [5, 5.41) is 12.1. The van der Waals surface area contributed by atoms with Gasteiger partial charge in [-0.05, 0) is 42.3 Å². The van der Waals surface area contributed by atoms with E-state index in [0.29, 0.717) is 24.5 Å². The smallest absolute Gasteiger partial charge is 0.151 e. The van der Waals surface area contributed by atoms with E-state index in [2.05, 4.69) is 11.4 Å². The highest BCUT2D eigenvalue weighted by atomic mass is 32.2. The van der Waals surface area contributed by atoms with Crippen molar-refractivity contribution >= 4 is 15.5 Å². The normalized spacial score (nSPS) is 10.9. The fourth-order valence-electron chi connectivity index (χ4n) is 2.32. The average Bonchev–Trinajstić information content (AvgIpc) is 2.53. The average molecular weight is 344 g/mol. The molecule has 0 aliphatic rings. The number of sulfone groups is 1. The summed E-state index contributed by atoms with van der Waals surface area (Å²) >= 11 is 0. The molecule has 1 N–H and O–H groups in total. The van der Waals surface area contributed by atoms with Crippen LogP contribution >= 0.6 is 0 Å². The summed E-state index contributed by atoms with van der Waals surface area (Å²) < 4.78 is 28.6. The van der Waals surface area contributed by atoms with Crippen molar-refractivity contribution in [2.24, 2.45) is 0 Å². The number of ether oxygens (including phenoxy) is 1. The van der Waals surface area contributed by atoms with Gasteiger partial charge in [0.2, 0.25) is 0 Å². The molecule has 24 heavy (non-hydrogen) atoms. The number of hydrogen-bond donors (Lipinski definition) is 1. The van der Waals surface area contributed by atoms with Gasteiger partial charge in [0.05, 0.1) is 17.4 Å². The number of nitrogens with one attached hydrogen (secondary N) is 1. The first-order chi connectivity index (χ1) is 11.4. The Balaban J connectivity index is 1.93. The highest BCUT2D eigenvalue weighted by Crippen LogP contribution is 2.20. The molecule has 0 atom stereocenters. The van der Waals surface area contributed by atoms with E-state index in [-0.39, 0.29) is 5.75 Å². The molecular weight excluding hydrogens is 324 g/mol. The van der Waals surface area contributed by atoms with Crippen LogP contribution in [0.25, 0.3) is 0 Å². The van der Waals surface area contributed by atoms with E-state index in [9.17, 15) is 8.42 Å². The van der Waals surface area contributed by atoms with Gasteiger partial charge in [-0.1, -0.05) is 18.2 Å². The van der Waals surface area contributed by atoms with E-state index in [4.69, 9.17) is 10.00 Å². The molecule has 0 unspecified atom stereocenters. The number of nitrogens with zero attached hydrogens (tertiary/aromatic N) is 1. The molecule has 0 spiro atoms. The van der Waals surface area contributed by atoms with Gasteiger partial charge in [-0.2, -0.15) is 5.26 Å². The highest BCUT2D eigenvalue weighted by molar-refractivity contribution is 7.89. The Kier molecular flexibility index (Phi) is 5.83. The molecule has 0 heterocycles. The number of hydrogen-bond acceptors (Lipinski definition) is 5. The topological polar surface area (TPSA) is 79.2 Å². The summed E-state index contributed by atoms with van der Waals surface area (Å²) in [7, 11) is -3.06. The lowest BCUT2D eigenvalue weighted by Gasteiger charge is -2.13. The van der Waals surface area contributed by atoms with Crippen LogP contribution in [-0.4, -0.2) is 27.8 Å². The summed E-state index contributed by atoms with van der Waals surface area (Å²) in [5.74, 6) is 0.685. The first-order valence-corrected chi connectivity index (χ1v) is 9.58. The van der Waals surface area contributed by atoms with Gasteiger partial charge in [-0.3, -0.25) is 0 Å². The SMILES string of the molecule is Cc1c(CS(C)(=O)=O)cccc1NCCOc1cccc(C#N)c1. The van der Waals surface area contributed by atoms with Crippen LogP contribution in [-0.2, 0) is 15.6 Å². The lowest BCUT2D eigenvalue weighted by molar-refractivity contribution is 0.333. The van der Waals surface area contributed by atoms with E-state index in [1.807, 2.05) is 25.1 Å². The Morgan fingerprint density at radius 3 is 2.67 bits per heavy atom. The maximum absolute atomic E-state index is 11.5. The van der Waals surface area contributed by atoms with Crippen LogP contribution in [0.4, 0.5) is 5.69 Å². The van der Waals surface area contributed by atoms with Crippen molar-refractivity contribution in [1.29, 1.82) is 5.26 Å². The Bertz CT molecular complexity index is 855. The molecular formula is C18H20N2O3S. The van der Waals surface area contributed by atoms with Gasteiger partial charge in [-0.15, -0.1) is 0 Å². The molecule has 0 aromatic heterocycles. The van der Waals surface area contributed by atoms with Crippen LogP contribution in [0, 0.1) is 18.3 Å². The maximum atomic E-state index is 11.5. The third-order valence-corrected chi connectivity index (χ3v) is 4.35. The molecule has 0 amide bonds. The van der Waals surface area contributed by atoms with Crippen molar-refractivity contribution in [2.45, 2.75) is 12.7 Å². The molecule has 0 bridgehead atoms. The van der Waals surface area contributed by atoms with Crippen molar-refractivity contribution in [3.8, 4) is 11.8 Å². The Hall–Kier alpha value is -2.52. The maximum Gasteiger partial charge on any atom is 0.151 e. The largest absolute Gasteiger partial charge is 0.492 e. The summed E-state index contributed by atoms with van der Waals surface area (Å²) in [5.41, 5.74) is 3.18. The predicted molar refractivity (Wildman–Crippen MR) is 94.9 cm³/mol. The van der Waals surface area contributed by atoms with Crippen LogP contribution in [0.3, 0.4) is 0 Å². The second-order valence-electron chi connectivity index (χ2n) is 5.57. The van der Waals surface area contributed by atoms with Gasteiger partial charge in [0, 0.05) is 18.5 Å². The quantitative estimate of drug-likeness (QED) is 0.781. The van der Waals surface area contributed by atoms with Crippen molar-refractivity contribution < 1.29 is 13.2 Å². The Morgan fingerprint density at radius 1 is 1.21 bits per heavy atom. The summed E-state index contributed by atoms with van der Waals surface area (Å²) in [6.07, 6.45) is 1.23. The Morgan fingerprint density at radius 2 is 1.96 bits per heavy atom. The number of nitriles is 1. The minimum atomic E-state index is -3.06. The van der Waals surface area contributed by atoms with Crippen molar-refractivity contribution in [3.05, 3.63) is 59.2 Å². The molecule has 0 radical (unpaired) electrons. The fourth-order valence-corrected chi connectivity index (χ4v) is 3.20. The van der Waals surface area contributed by atoms with E-state index in [1.165, 1.54) is 6.26 Å². The molecule has 0 saturated heterocycles. The Labute approximate surface area is 142 Å². The van der Waals surface area contributed by atoms with Crippen LogP contribution in [0.15, 0.2) is 42.5 Å². The van der Waals surface area contributed by atoms with E-state index in [0.717, 1.165) is 16.8 Å². The van der Waals surface area contributed by atoms with Crippen molar-refractivity contribution in [3.63, 3.8) is 0 Å². The van der Waals surface area contributed by atoms with E-state index >= 15 is 0 Å². The molecule has 2 aromatic rings. The zero-order valence-corrected chi connectivity index (χ0v) is 14.6. The minimum Gasteiger partial charge on any atom is -0.492 e. The molecule has 2 aromatic carbocycles. The molecule has 6 heteroatoms. The highest BCUT2D eigenvalue weighted by Gasteiger charge is 2.09. The molecule has 126 valence electrons. The van der Waals surface area contributed by atoms with E-state index in [1.54, 1.807) is 24.3 Å². The third kappa shape index (κ3) is 5.28. The van der Waals surface area contributed by atoms with Crippen LogP contribution in [0.5, 0.6) is 5.75 Å². The summed E-state index contributed by atoms with van der Waals surface area (Å²) in [6.45, 7) is 2.91. The summed E-state index contributed by atoms with van der Waals surface area (Å²) in [6, 6.07) is 14.6. The lowest BCUT2D eigenvalue weighted by atomic mass is 10.1. The third-order valence-electron chi connectivity index (χ3n) is 3.51. The fraction of sp³-hybridized carbons (Fsp3) is 0.278. The van der Waals surface area contributed by atoms with Gasteiger partial charge in [-0.25, -0.2) is 8.42 Å². The van der Waals surface area contributed by atoms with Gasteiger partial charge >= 0.3 is 0 Å². The lowest BCUT2D eigenvalue weighted by Crippen LogP contribution is -2.13. The van der Waals surface area contributed by atoms with Crippen LogP contribution < -0.4 is 10.1 Å². The molecule has 0 saturated carbocycles. The molecule has 0 aliphatic carbocycles. The van der Waals surface area contributed by atoms with Crippen molar-refractivity contribution in [2.75, 3.05) is 24.7 Å². The summed E-state index contributed by atoms with van der Waals surface area (Å²) in [4.78, 5) is 0. The van der Waals surface area contributed by atoms with Crippen LogP contribution in [0.2, 0.25) is 0 Å². The molecule has 5 nitrogen and oxygen atoms in total. The van der Waals surface area contributed by atoms with Gasteiger partial charge in [0.25, 0.3) is 0 Å². The second kappa shape index (κ2) is 7.84. The monoisotopic (exact) mass is 344 g/mol. The standard InChI is InChI=1S/C18H20N2O3S/c1-14-16(13-24(2,21)22)6-4-8-18(14)20-9-10-23-17-7-3-5-15(11-17)12-19/h3-8,11,20H,9-10,13H2,1-2H3. The van der Waals surface area contributed by atoms with Crippen molar-refractivity contribution in [1.82, 2.24) is 0 Å². The second-order valence-corrected chi connectivity index (χ2v) is 7.71. The minimum absolute atomic E-state index is 0.0335. The molecule has 2 rings (SSSR count). The zero-order valence-electron chi connectivity index (χ0n) is 13.7. The van der Waals surface area contributed by atoms with Gasteiger partial charge in [0.15, 0.2) is 9.84 Å². The van der Waals surface area contributed by atoms with Gasteiger partial charge < -0.3 is 10.1 Å². The number of anilines is 1. The zero-order chi connectivity index (χ0) is 17.6. The first kappa shape index (κ1) is 17.8. The number of rotatable bonds is 7. The first-order valence-electron chi connectivity index (χ1n) is 7.52. The molecule has 0 fully saturated rings. The predicted octanol–water partition coefficient (Wildman–Crippen LogP) is 2.90. The van der Waals surface area contributed by atoms with Crippen LogP contribution in [0.1, 0.15) is 16.7 Å². The van der Waals surface area contributed by atoms with E-state index < -0.39 is 9.84 Å². The molecule has 0 aliphatic heterocycles.